The highest BCUT2D eigenvalue weighted by Crippen LogP contribution is 2.33. The van der Waals surface area contributed by atoms with Crippen molar-refractivity contribution < 1.29 is 27.0 Å². The third-order valence-electron chi connectivity index (χ3n) is 4.24. The molecule has 2 atom stereocenters. The zero-order valence-electron chi connectivity index (χ0n) is 16.4. The van der Waals surface area contributed by atoms with Crippen molar-refractivity contribution in [3.8, 4) is 17.3 Å². The number of alkyl halides is 3. The maximum Gasteiger partial charge on any atom is 0.433 e. The van der Waals surface area contributed by atoms with Gasteiger partial charge < -0.3 is 18.4 Å². The summed E-state index contributed by atoms with van der Waals surface area (Å²) in [6, 6.07) is 2.44. The van der Waals surface area contributed by atoms with Crippen molar-refractivity contribution in [3.63, 3.8) is 0 Å². The Morgan fingerprint density at radius 2 is 1.90 bits per heavy atom. The van der Waals surface area contributed by atoms with E-state index in [9.17, 15) is 22.3 Å². The summed E-state index contributed by atoms with van der Waals surface area (Å²) >= 11 is -2.44. The van der Waals surface area contributed by atoms with Crippen LogP contribution in [0.5, 0.6) is 5.75 Å². The quantitative estimate of drug-likeness (QED) is 0.503. The Morgan fingerprint density at radius 3 is 2.53 bits per heavy atom. The average Bonchev–Trinajstić information content (AvgIpc) is 3.02. The van der Waals surface area contributed by atoms with Crippen molar-refractivity contribution in [3.05, 3.63) is 30.2 Å². The van der Waals surface area contributed by atoms with E-state index in [-0.39, 0.29) is 23.6 Å². The fourth-order valence-electron chi connectivity index (χ4n) is 2.73. The lowest BCUT2D eigenvalue weighted by molar-refractivity contribution is -0.141. The second kappa shape index (κ2) is 9.00. The van der Waals surface area contributed by atoms with Gasteiger partial charge in [0, 0.05) is 13.1 Å². The van der Waals surface area contributed by atoms with Gasteiger partial charge in [0.15, 0.2) is 16.4 Å². The minimum Gasteiger partial charge on any atom is -0.616 e. The highest BCUT2D eigenvalue weighted by Gasteiger charge is 2.33. The van der Waals surface area contributed by atoms with Gasteiger partial charge in [0.25, 0.3) is 0 Å². The molecule has 12 heteroatoms. The molecule has 3 heterocycles. The van der Waals surface area contributed by atoms with Crippen LogP contribution in [-0.2, 0) is 35.6 Å². The molecule has 0 saturated heterocycles. The Kier molecular flexibility index (Phi) is 6.80. The predicted molar refractivity (Wildman–Crippen MR) is 108 cm³/mol. The molecule has 3 aromatic rings. The van der Waals surface area contributed by atoms with Gasteiger partial charge in [0.2, 0.25) is 0 Å². The number of fused-ring (bicyclic) bond motifs is 1. The lowest BCUT2D eigenvalue weighted by atomic mass is 10.3. The van der Waals surface area contributed by atoms with Gasteiger partial charge in [-0.05, 0) is 24.2 Å². The molecule has 0 radical (unpaired) electrons. The van der Waals surface area contributed by atoms with Gasteiger partial charge in [-0.2, -0.15) is 13.2 Å². The van der Waals surface area contributed by atoms with E-state index in [1.807, 2.05) is 0 Å². The van der Waals surface area contributed by atoms with Crippen molar-refractivity contribution in [2.24, 2.45) is 7.05 Å². The Labute approximate surface area is 177 Å². The smallest absolute Gasteiger partial charge is 0.433 e. The number of imidazole rings is 1. The van der Waals surface area contributed by atoms with E-state index in [0.717, 1.165) is 12.3 Å². The highest BCUT2D eigenvalue weighted by atomic mass is 32.2. The van der Waals surface area contributed by atoms with E-state index in [1.165, 1.54) is 6.20 Å². The van der Waals surface area contributed by atoms with Crippen LogP contribution in [0.3, 0.4) is 0 Å². The van der Waals surface area contributed by atoms with Gasteiger partial charge in [-0.25, -0.2) is 15.0 Å². The van der Waals surface area contributed by atoms with Crippen LogP contribution in [0.1, 0.15) is 12.6 Å². The maximum absolute atomic E-state index is 13.0. The zero-order valence-corrected chi connectivity index (χ0v) is 18.0. The van der Waals surface area contributed by atoms with Crippen molar-refractivity contribution in [1.82, 2.24) is 19.5 Å². The molecule has 0 aliphatic rings. The zero-order chi connectivity index (χ0) is 22.1. The molecule has 0 aromatic carbocycles. The molecule has 0 spiro atoms. The van der Waals surface area contributed by atoms with E-state index in [1.54, 1.807) is 30.9 Å². The number of aromatic nitrogens is 4. The minimum atomic E-state index is -4.58. The number of nitrogens with zero attached hydrogens (tertiary/aromatic N) is 4. The molecule has 3 rings (SSSR count). The maximum atomic E-state index is 13.0. The summed E-state index contributed by atoms with van der Waals surface area (Å²) in [5, 5.41) is 0. The first-order chi connectivity index (χ1) is 14.1. The van der Waals surface area contributed by atoms with E-state index in [0.29, 0.717) is 27.7 Å². The molecule has 30 heavy (non-hydrogen) atoms. The van der Waals surface area contributed by atoms with E-state index in [2.05, 4.69) is 15.0 Å². The summed E-state index contributed by atoms with van der Waals surface area (Å²) in [6.45, 7) is 1.95. The van der Waals surface area contributed by atoms with Gasteiger partial charge in [-0.3, -0.25) is 0 Å². The number of hydrogen-bond acceptors (Lipinski definition) is 6. The van der Waals surface area contributed by atoms with E-state index in [4.69, 9.17) is 4.74 Å². The molecular formula is C18H19F3N4O3S2. The Hall–Kier alpha value is -2.02. The molecule has 3 aromatic heterocycles. The Balaban J connectivity index is 2.05. The number of ether oxygens (including phenoxy) is 1. The van der Waals surface area contributed by atoms with Crippen LogP contribution in [0.2, 0.25) is 0 Å². The summed E-state index contributed by atoms with van der Waals surface area (Å²) in [6.07, 6.45) is -0.496. The van der Waals surface area contributed by atoms with Gasteiger partial charge in [-0.1, -0.05) is 11.2 Å². The monoisotopic (exact) mass is 460 g/mol. The van der Waals surface area contributed by atoms with Crippen molar-refractivity contribution >= 4 is 33.4 Å². The van der Waals surface area contributed by atoms with Crippen LogP contribution >= 0.6 is 0 Å². The number of hydrogen-bond donors (Lipinski definition) is 0. The third kappa shape index (κ3) is 4.82. The second-order valence-corrected chi connectivity index (χ2v) is 9.59. The third-order valence-corrected chi connectivity index (χ3v) is 6.31. The first kappa shape index (κ1) is 22.7. The SMILES string of the molecule is CC[S+]([O-])c1cc(OCC[S+](C)[O-])cnc1-c1nc2cc(C(F)(F)F)ncc2n1C. The first-order valence-corrected chi connectivity index (χ1v) is 11.9. The normalized spacial score (nSPS) is 14.1. The van der Waals surface area contributed by atoms with Crippen LogP contribution in [-0.4, -0.2) is 53.0 Å². The molecule has 0 saturated carbocycles. The van der Waals surface area contributed by atoms with Crippen molar-refractivity contribution in [2.45, 2.75) is 18.0 Å². The summed E-state index contributed by atoms with van der Waals surface area (Å²) in [5.41, 5.74) is -0.259. The molecule has 162 valence electrons. The van der Waals surface area contributed by atoms with E-state index < -0.39 is 34.2 Å². The highest BCUT2D eigenvalue weighted by molar-refractivity contribution is 7.91. The molecule has 0 N–H and O–H groups in total. The molecule has 0 aliphatic carbocycles. The molecular weight excluding hydrogens is 441 g/mol. The predicted octanol–water partition coefficient (Wildman–Crippen LogP) is 2.93. The van der Waals surface area contributed by atoms with Gasteiger partial charge in [0.1, 0.15) is 29.6 Å². The van der Waals surface area contributed by atoms with Crippen LogP contribution in [0.4, 0.5) is 13.2 Å². The molecule has 7 nitrogen and oxygen atoms in total. The molecule has 0 bridgehead atoms. The fraction of sp³-hybridized carbons (Fsp3) is 0.389. The summed E-state index contributed by atoms with van der Waals surface area (Å²) in [5.74, 6) is 1.28. The summed E-state index contributed by atoms with van der Waals surface area (Å²) in [4.78, 5) is 12.4. The molecule has 0 fully saturated rings. The van der Waals surface area contributed by atoms with Gasteiger partial charge in [-0.15, -0.1) is 0 Å². The van der Waals surface area contributed by atoms with Crippen molar-refractivity contribution in [1.29, 1.82) is 0 Å². The van der Waals surface area contributed by atoms with E-state index >= 15 is 0 Å². The van der Waals surface area contributed by atoms with Crippen LogP contribution < -0.4 is 4.74 Å². The standard InChI is InChI=1S/C18H19F3N4O3S2/c1-4-30(27)14-7-11(28-5-6-29(3)26)9-23-16(14)17-24-12-8-15(18(19,20)21)22-10-13(12)25(17)2/h7-10H,4-6H2,1-3H3. The Bertz CT molecular complexity index is 1040. The lowest BCUT2D eigenvalue weighted by Crippen LogP contribution is -2.13. The molecule has 2 unspecified atom stereocenters. The molecule has 0 aliphatic heterocycles. The topological polar surface area (TPSA) is 98.9 Å². The fourth-order valence-corrected chi connectivity index (χ4v) is 3.97. The number of aryl methyl sites for hydroxylation is 1. The second-order valence-electron chi connectivity index (χ2n) is 6.33. The van der Waals surface area contributed by atoms with Gasteiger partial charge in [0.05, 0.1) is 29.7 Å². The van der Waals surface area contributed by atoms with Crippen LogP contribution in [0, 0.1) is 0 Å². The largest absolute Gasteiger partial charge is 0.616 e. The van der Waals surface area contributed by atoms with Crippen LogP contribution in [0.25, 0.3) is 22.6 Å². The average molecular weight is 461 g/mol. The molecule has 0 amide bonds. The van der Waals surface area contributed by atoms with Gasteiger partial charge >= 0.3 is 6.18 Å². The Morgan fingerprint density at radius 1 is 1.17 bits per heavy atom. The first-order valence-electron chi connectivity index (χ1n) is 8.83. The van der Waals surface area contributed by atoms with Crippen LogP contribution in [0.15, 0.2) is 29.4 Å². The number of pyridine rings is 2. The number of rotatable bonds is 7. The minimum absolute atomic E-state index is 0.107. The summed E-state index contributed by atoms with van der Waals surface area (Å²) in [7, 11) is 1.63. The summed E-state index contributed by atoms with van der Waals surface area (Å²) < 4.78 is 69.8. The van der Waals surface area contributed by atoms with Crippen molar-refractivity contribution in [2.75, 3.05) is 24.4 Å². The lowest BCUT2D eigenvalue weighted by Gasteiger charge is -2.14. The number of halogens is 3.